The molecule has 0 radical (unpaired) electrons. The average Bonchev–Trinajstić information content (AvgIpc) is 2.74. The van der Waals surface area contributed by atoms with Crippen LogP contribution in [0.3, 0.4) is 0 Å². The molecule has 6 nitrogen and oxygen atoms in total. The van der Waals surface area contributed by atoms with Crippen LogP contribution in [-0.2, 0) is 0 Å². The largest absolute Gasteiger partial charge is 0.493 e. The molecular weight excluding hydrogens is 376 g/mol. The maximum atomic E-state index is 6.19. The molecule has 2 aliphatic rings. The molecule has 0 bridgehead atoms. The second-order valence-electron chi connectivity index (χ2n) is 7.81. The van der Waals surface area contributed by atoms with E-state index < -0.39 is 0 Å². The third kappa shape index (κ3) is 4.13. The molecule has 28 heavy (non-hydrogen) atoms. The molecule has 152 valence electrons. The van der Waals surface area contributed by atoms with Crippen molar-refractivity contribution < 1.29 is 9.47 Å². The lowest BCUT2D eigenvalue weighted by atomic mass is 9.92. The summed E-state index contributed by atoms with van der Waals surface area (Å²) in [4.78, 5) is 11.5. The SMILES string of the molecule is COc1cc2nc(Cl)nc(NC3CCN(C4CCCCC4)CC3)c2cc1OC. The molecule has 0 unspecified atom stereocenters. The van der Waals surface area contributed by atoms with E-state index in [4.69, 9.17) is 21.1 Å². The molecular formula is C21H29ClN4O2. The average molecular weight is 405 g/mol. The fourth-order valence-corrected chi connectivity index (χ4v) is 4.76. The molecule has 0 atom stereocenters. The van der Waals surface area contributed by atoms with Gasteiger partial charge in [-0.2, -0.15) is 0 Å². The first-order chi connectivity index (χ1) is 13.7. The number of benzene rings is 1. The Hall–Kier alpha value is -1.79. The Kier molecular flexibility index (Phi) is 6.07. The number of piperidine rings is 1. The zero-order valence-electron chi connectivity index (χ0n) is 16.7. The van der Waals surface area contributed by atoms with Gasteiger partial charge in [-0.25, -0.2) is 9.97 Å². The zero-order chi connectivity index (χ0) is 19.5. The van der Waals surface area contributed by atoms with E-state index in [-0.39, 0.29) is 5.28 Å². The predicted molar refractivity (Wildman–Crippen MR) is 113 cm³/mol. The number of hydrogen-bond donors (Lipinski definition) is 1. The summed E-state index contributed by atoms with van der Waals surface area (Å²) >= 11 is 6.19. The Morgan fingerprint density at radius 2 is 1.64 bits per heavy atom. The lowest BCUT2D eigenvalue weighted by Crippen LogP contribution is -2.45. The second kappa shape index (κ2) is 8.70. The standard InChI is InChI=1S/C21H29ClN4O2/c1-27-18-12-16-17(13-19(18)28-2)24-21(22)25-20(16)23-14-8-10-26(11-9-14)15-6-4-3-5-7-15/h12-15H,3-11H2,1-2H3,(H,23,24,25). The summed E-state index contributed by atoms with van der Waals surface area (Å²) in [5.41, 5.74) is 0.750. The predicted octanol–water partition coefficient (Wildman–Crippen LogP) is 4.51. The van der Waals surface area contributed by atoms with Gasteiger partial charge in [-0.15, -0.1) is 0 Å². The number of ether oxygens (including phenoxy) is 2. The molecule has 2 aromatic rings. The van der Waals surface area contributed by atoms with Gasteiger partial charge in [0.15, 0.2) is 11.5 Å². The van der Waals surface area contributed by atoms with Crippen molar-refractivity contribution in [3.05, 3.63) is 17.4 Å². The third-order valence-electron chi connectivity index (χ3n) is 6.14. The van der Waals surface area contributed by atoms with Gasteiger partial charge in [0.05, 0.1) is 19.7 Å². The van der Waals surface area contributed by atoms with E-state index in [9.17, 15) is 0 Å². The number of likely N-dealkylation sites (tertiary alicyclic amines) is 1. The molecule has 1 aromatic heterocycles. The van der Waals surface area contributed by atoms with E-state index >= 15 is 0 Å². The number of methoxy groups -OCH3 is 2. The first-order valence-electron chi connectivity index (χ1n) is 10.3. The van der Waals surface area contributed by atoms with E-state index in [1.165, 1.54) is 32.1 Å². The van der Waals surface area contributed by atoms with Gasteiger partial charge in [0.1, 0.15) is 5.82 Å². The van der Waals surface area contributed by atoms with Gasteiger partial charge in [0.25, 0.3) is 0 Å². The van der Waals surface area contributed by atoms with E-state index in [0.717, 1.165) is 48.7 Å². The van der Waals surface area contributed by atoms with Crippen LogP contribution in [0.5, 0.6) is 11.5 Å². The van der Waals surface area contributed by atoms with Crippen molar-refractivity contribution in [2.45, 2.75) is 57.0 Å². The third-order valence-corrected chi connectivity index (χ3v) is 6.30. The van der Waals surface area contributed by atoms with E-state index in [0.29, 0.717) is 17.5 Å². The minimum absolute atomic E-state index is 0.238. The van der Waals surface area contributed by atoms with Crippen LogP contribution in [0.4, 0.5) is 5.82 Å². The quantitative estimate of drug-likeness (QED) is 0.740. The smallest absolute Gasteiger partial charge is 0.224 e. The molecule has 2 fully saturated rings. The van der Waals surface area contributed by atoms with Crippen molar-refractivity contribution in [1.82, 2.24) is 14.9 Å². The lowest BCUT2D eigenvalue weighted by Gasteiger charge is -2.39. The number of aromatic nitrogens is 2. The summed E-state index contributed by atoms with van der Waals surface area (Å²) in [6, 6.07) is 4.95. The van der Waals surface area contributed by atoms with Gasteiger partial charge in [0, 0.05) is 36.6 Å². The molecule has 1 N–H and O–H groups in total. The van der Waals surface area contributed by atoms with Crippen molar-refractivity contribution >= 4 is 28.3 Å². The van der Waals surface area contributed by atoms with Crippen molar-refractivity contribution in [2.75, 3.05) is 32.6 Å². The first kappa shape index (κ1) is 19.5. The van der Waals surface area contributed by atoms with Crippen LogP contribution < -0.4 is 14.8 Å². The molecule has 1 aliphatic heterocycles. The minimum atomic E-state index is 0.238. The highest BCUT2D eigenvalue weighted by molar-refractivity contribution is 6.28. The highest BCUT2D eigenvalue weighted by atomic mass is 35.5. The number of anilines is 1. The molecule has 4 rings (SSSR count). The molecule has 1 aliphatic carbocycles. The summed E-state index contributed by atoms with van der Waals surface area (Å²) in [7, 11) is 3.25. The molecule has 1 saturated carbocycles. The normalized spacial score (nSPS) is 19.7. The molecule has 0 spiro atoms. The van der Waals surface area contributed by atoms with Crippen LogP contribution >= 0.6 is 11.6 Å². The Bertz CT molecular complexity index is 818. The highest BCUT2D eigenvalue weighted by Gasteiger charge is 2.26. The van der Waals surface area contributed by atoms with Crippen LogP contribution in [0.2, 0.25) is 5.28 Å². The van der Waals surface area contributed by atoms with Crippen molar-refractivity contribution in [3.8, 4) is 11.5 Å². The van der Waals surface area contributed by atoms with Gasteiger partial charge in [0.2, 0.25) is 5.28 Å². The maximum Gasteiger partial charge on any atom is 0.224 e. The number of hydrogen-bond acceptors (Lipinski definition) is 6. The van der Waals surface area contributed by atoms with Crippen LogP contribution in [-0.4, -0.2) is 54.3 Å². The molecule has 7 heteroatoms. The van der Waals surface area contributed by atoms with Crippen LogP contribution in [0.15, 0.2) is 12.1 Å². The Balaban J connectivity index is 1.50. The van der Waals surface area contributed by atoms with Crippen molar-refractivity contribution in [2.24, 2.45) is 0 Å². The first-order valence-corrected chi connectivity index (χ1v) is 10.7. The molecule has 0 amide bonds. The fourth-order valence-electron chi connectivity index (χ4n) is 4.59. The summed E-state index contributed by atoms with van der Waals surface area (Å²) in [5, 5.41) is 4.76. The minimum Gasteiger partial charge on any atom is -0.493 e. The number of rotatable bonds is 5. The highest BCUT2D eigenvalue weighted by Crippen LogP contribution is 2.35. The number of fused-ring (bicyclic) bond motifs is 1. The number of nitrogens with one attached hydrogen (secondary N) is 1. The van der Waals surface area contributed by atoms with E-state index in [1.807, 2.05) is 12.1 Å². The van der Waals surface area contributed by atoms with Gasteiger partial charge in [-0.1, -0.05) is 19.3 Å². The second-order valence-corrected chi connectivity index (χ2v) is 8.15. The topological polar surface area (TPSA) is 59.5 Å². The van der Waals surface area contributed by atoms with Crippen LogP contribution in [0.25, 0.3) is 10.9 Å². The van der Waals surface area contributed by atoms with Gasteiger partial charge >= 0.3 is 0 Å². The molecule has 2 heterocycles. The maximum absolute atomic E-state index is 6.19. The number of nitrogens with zero attached hydrogens (tertiary/aromatic N) is 3. The number of halogens is 1. The zero-order valence-corrected chi connectivity index (χ0v) is 17.5. The van der Waals surface area contributed by atoms with Gasteiger partial charge in [-0.05, 0) is 43.4 Å². The van der Waals surface area contributed by atoms with Crippen molar-refractivity contribution in [3.63, 3.8) is 0 Å². The van der Waals surface area contributed by atoms with Crippen LogP contribution in [0, 0.1) is 0 Å². The monoisotopic (exact) mass is 404 g/mol. The molecule has 1 saturated heterocycles. The summed E-state index contributed by atoms with van der Waals surface area (Å²) in [6.45, 7) is 2.30. The Morgan fingerprint density at radius 3 is 2.32 bits per heavy atom. The lowest BCUT2D eigenvalue weighted by molar-refractivity contribution is 0.126. The van der Waals surface area contributed by atoms with Crippen molar-refractivity contribution in [1.29, 1.82) is 0 Å². The molecule has 1 aromatic carbocycles. The van der Waals surface area contributed by atoms with Gasteiger partial charge in [-0.3, -0.25) is 0 Å². The van der Waals surface area contributed by atoms with Gasteiger partial charge < -0.3 is 19.7 Å². The van der Waals surface area contributed by atoms with Crippen LogP contribution in [0.1, 0.15) is 44.9 Å². The summed E-state index contributed by atoms with van der Waals surface area (Å²) < 4.78 is 10.8. The summed E-state index contributed by atoms with van der Waals surface area (Å²) in [6.07, 6.45) is 9.15. The summed E-state index contributed by atoms with van der Waals surface area (Å²) in [5.74, 6) is 2.07. The van der Waals surface area contributed by atoms with E-state index in [1.54, 1.807) is 14.2 Å². The fraction of sp³-hybridized carbons (Fsp3) is 0.619. The Morgan fingerprint density at radius 1 is 0.964 bits per heavy atom. The Labute approximate surface area is 171 Å². The van der Waals surface area contributed by atoms with E-state index in [2.05, 4.69) is 20.2 Å².